The third-order valence-corrected chi connectivity index (χ3v) is 3.88. The van der Waals surface area contributed by atoms with Gasteiger partial charge in [-0.1, -0.05) is 96.8 Å². The van der Waals surface area contributed by atoms with Gasteiger partial charge in [-0.05, 0) is 6.42 Å². The average molecular weight is 286 g/mol. The average Bonchev–Trinajstić information content (AvgIpc) is 2.47. The first-order valence-corrected chi connectivity index (χ1v) is 8.83. The van der Waals surface area contributed by atoms with Gasteiger partial charge in [0.15, 0.2) is 0 Å². The molecule has 0 radical (unpaired) electrons. The van der Waals surface area contributed by atoms with Crippen LogP contribution in [0, 0.1) is 0 Å². The molecule has 0 fully saturated rings. The van der Waals surface area contributed by atoms with E-state index in [9.17, 15) is 4.79 Å². The lowest BCUT2D eigenvalue weighted by Crippen LogP contribution is -1.93. The molecule has 2 heteroatoms. The first-order chi connectivity index (χ1) is 10.2. The number of carbonyl (C=O) groups is 1. The second-order valence-electron chi connectivity index (χ2n) is 5.93. The van der Waals surface area contributed by atoms with Crippen LogP contribution in [0.3, 0.4) is 0 Å². The third-order valence-electron chi connectivity index (χ3n) is 3.88. The summed E-state index contributed by atoms with van der Waals surface area (Å²) in [5.74, 6) is -0.982. The second-order valence-corrected chi connectivity index (χ2v) is 5.93. The van der Waals surface area contributed by atoms with E-state index in [1.807, 2.05) is 0 Å². The minimum Gasteiger partial charge on any atom is -0.481 e. The Morgan fingerprint density at radius 2 is 1.00 bits per heavy atom. The molecule has 20 heavy (non-hydrogen) atoms. The number of carboxylic acids is 1. The summed E-state index contributed by atoms with van der Waals surface area (Å²) in [7, 11) is 0. The van der Waals surface area contributed by atoms with Crippen molar-refractivity contribution in [2.45, 2.75) is 110 Å². The van der Waals surface area contributed by atoms with E-state index >= 15 is 0 Å². The molecule has 120 valence electrons. The van der Waals surface area contributed by atoms with Crippen LogP contribution in [0.5, 0.6) is 0 Å². The van der Waals surface area contributed by atoms with Gasteiger partial charge in [-0.15, -0.1) is 0 Å². The molecule has 0 aliphatic rings. The Morgan fingerprint density at radius 3 is 1.30 bits per heavy atom. The number of hydrogen-bond acceptors (Lipinski definition) is 1. The van der Waals surface area contributed by atoms with E-state index in [1.54, 1.807) is 0 Å². The van der Waals surface area contributed by atoms with Crippen LogP contribution < -0.4 is 0 Å². The van der Waals surface area contributed by atoms with E-state index < -0.39 is 12.4 Å². The highest BCUT2D eigenvalue weighted by Crippen LogP contribution is 2.13. The maximum absolute atomic E-state index is 10.5. The van der Waals surface area contributed by atoms with Gasteiger partial charge < -0.3 is 5.11 Å². The van der Waals surface area contributed by atoms with Gasteiger partial charge in [-0.3, -0.25) is 4.79 Å². The number of hydrogen-bond donors (Lipinski definition) is 1. The van der Waals surface area contributed by atoms with Crippen LogP contribution in [0.2, 0.25) is 0 Å². The number of unbranched alkanes of at least 4 members (excludes halogenated alkanes) is 13. The Balaban J connectivity index is 3.04. The van der Waals surface area contributed by atoms with Crippen LogP contribution in [-0.2, 0) is 4.79 Å². The molecule has 1 N–H and O–H groups in total. The van der Waals surface area contributed by atoms with E-state index in [0.717, 1.165) is 12.8 Å². The van der Waals surface area contributed by atoms with Crippen molar-refractivity contribution in [1.82, 2.24) is 0 Å². The second kappa shape index (κ2) is 16.5. The molecule has 0 aromatic rings. The quantitative estimate of drug-likeness (QED) is 0.336. The summed E-state index contributed by atoms with van der Waals surface area (Å²) in [5, 5.41) is 8.60. The summed E-state index contributed by atoms with van der Waals surface area (Å²) in [6, 6.07) is 0. The van der Waals surface area contributed by atoms with Gasteiger partial charge in [-0.25, -0.2) is 0 Å². The zero-order chi connectivity index (χ0) is 15.8. The van der Waals surface area contributed by atoms with Gasteiger partial charge in [0.1, 0.15) is 0 Å². The summed E-state index contributed by atoms with van der Waals surface area (Å²) in [6.07, 6.45) is 17.9. The van der Waals surface area contributed by atoms with Gasteiger partial charge in [0.25, 0.3) is 0 Å². The Morgan fingerprint density at radius 1 is 0.700 bits per heavy atom. The molecular formula is C18H36O2. The third kappa shape index (κ3) is 17.5. The zero-order valence-corrected chi connectivity index (χ0v) is 13.5. The van der Waals surface area contributed by atoms with Crippen LogP contribution in [0.15, 0.2) is 0 Å². The van der Waals surface area contributed by atoms with Gasteiger partial charge in [0.2, 0.25) is 0 Å². The van der Waals surface area contributed by atoms with Crippen molar-refractivity contribution in [3.63, 3.8) is 0 Å². The highest BCUT2D eigenvalue weighted by Gasteiger charge is 1.97. The smallest absolute Gasteiger partial charge is 0.303 e. The van der Waals surface area contributed by atoms with E-state index in [2.05, 4.69) is 6.92 Å². The van der Waals surface area contributed by atoms with Crippen LogP contribution in [0.1, 0.15) is 111 Å². The number of rotatable bonds is 16. The summed E-state index contributed by atoms with van der Waals surface area (Å²) in [6.45, 7) is 2.26. The lowest BCUT2D eigenvalue weighted by molar-refractivity contribution is -0.137. The van der Waals surface area contributed by atoms with Crippen molar-refractivity contribution in [2.75, 3.05) is 0 Å². The van der Waals surface area contributed by atoms with Crippen LogP contribution in [0.25, 0.3) is 0 Å². The number of carboxylic acid groups (broad SMARTS) is 1. The topological polar surface area (TPSA) is 37.3 Å². The van der Waals surface area contributed by atoms with E-state index in [0.29, 0.717) is 6.42 Å². The fourth-order valence-electron chi connectivity index (χ4n) is 2.56. The number of aliphatic carboxylic acids is 1. The molecule has 0 heterocycles. The molecule has 1 atom stereocenters. The molecule has 0 amide bonds. The molecule has 0 saturated carbocycles. The van der Waals surface area contributed by atoms with Gasteiger partial charge in [0, 0.05) is 7.77 Å². The van der Waals surface area contributed by atoms with Crippen molar-refractivity contribution < 1.29 is 11.3 Å². The molecule has 1 unspecified atom stereocenters. The Kier molecular flexibility index (Phi) is 14.5. The fraction of sp³-hybridized carbons (Fsp3) is 0.944. The first kappa shape index (κ1) is 17.5. The van der Waals surface area contributed by atoms with Crippen LogP contribution in [-0.4, -0.2) is 11.1 Å². The molecule has 0 bridgehead atoms. The molecule has 2 nitrogen and oxygen atoms in total. The lowest BCUT2D eigenvalue weighted by atomic mass is 10.0. The first-order valence-electron chi connectivity index (χ1n) is 9.41. The van der Waals surface area contributed by atoms with E-state index in [1.165, 1.54) is 77.0 Å². The minimum absolute atomic E-state index is 0.507. The SMILES string of the molecule is [3H]C(CCCCCCCCCCCCCCCC)C(=O)O. The highest BCUT2D eigenvalue weighted by atomic mass is 16.4. The van der Waals surface area contributed by atoms with Crippen molar-refractivity contribution in [1.29, 1.82) is 0 Å². The van der Waals surface area contributed by atoms with Gasteiger partial charge in [-0.2, -0.15) is 0 Å². The van der Waals surface area contributed by atoms with Crippen LogP contribution in [0.4, 0.5) is 0 Å². The van der Waals surface area contributed by atoms with Gasteiger partial charge in [0.05, 0.1) is 0 Å². The van der Waals surface area contributed by atoms with Crippen molar-refractivity contribution >= 4 is 5.97 Å². The Labute approximate surface area is 127 Å². The van der Waals surface area contributed by atoms with E-state index in [-0.39, 0.29) is 0 Å². The molecule has 0 aliphatic carbocycles. The normalized spacial score (nSPS) is 13.2. The minimum atomic E-state index is -0.982. The van der Waals surface area contributed by atoms with Crippen molar-refractivity contribution in [3.05, 3.63) is 0 Å². The zero-order valence-electron chi connectivity index (χ0n) is 14.5. The molecular weight excluding hydrogens is 248 g/mol. The highest BCUT2D eigenvalue weighted by molar-refractivity contribution is 5.66. The summed E-state index contributed by atoms with van der Waals surface area (Å²) in [5.41, 5.74) is 0. The standard InChI is InChI=1S/C18H36O2/c1-2-3-4-5-6-7-8-9-10-11-12-13-14-15-16-17-18(19)20/h2-17H2,1H3,(H,19,20)/i17T. The van der Waals surface area contributed by atoms with Crippen molar-refractivity contribution in [3.8, 4) is 0 Å². The monoisotopic (exact) mass is 286 g/mol. The largest absolute Gasteiger partial charge is 0.481 e. The van der Waals surface area contributed by atoms with Crippen molar-refractivity contribution in [2.24, 2.45) is 0 Å². The van der Waals surface area contributed by atoms with Gasteiger partial charge >= 0.3 is 5.97 Å². The van der Waals surface area contributed by atoms with E-state index in [4.69, 9.17) is 6.48 Å². The summed E-state index contributed by atoms with van der Waals surface area (Å²) in [4.78, 5) is 10.5. The molecule has 0 aromatic carbocycles. The van der Waals surface area contributed by atoms with Crippen LogP contribution >= 0.6 is 0 Å². The molecule has 0 aromatic heterocycles. The maximum atomic E-state index is 10.5. The lowest BCUT2D eigenvalue weighted by Gasteiger charge is -2.03. The molecule has 0 aliphatic heterocycles. The maximum Gasteiger partial charge on any atom is 0.303 e. The summed E-state index contributed by atoms with van der Waals surface area (Å²) < 4.78 is 7.29. The predicted octanol–water partition coefficient (Wildman–Crippen LogP) is 6.33. The summed E-state index contributed by atoms with van der Waals surface area (Å²) >= 11 is 0. The molecule has 0 spiro atoms. The Hall–Kier alpha value is -0.530. The fourth-order valence-corrected chi connectivity index (χ4v) is 2.56. The Bertz CT molecular complexity index is 231. The molecule has 0 rings (SSSR count). The predicted molar refractivity (Wildman–Crippen MR) is 87.2 cm³/mol. The molecule has 0 saturated heterocycles.